The first-order valence-corrected chi connectivity index (χ1v) is 6.67. The topological polar surface area (TPSA) is 21.3 Å². The highest BCUT2D eigenvalue weighted by Gasteiger charge is 2.10. The molecule has 1 aromatic rings. The Morgan fingerprint density at radius 1 is 1.42 bits per heavy atom. The standard InChI is InChI=1S/C15H21ClFNO/c1-11(8-16)10-19-14-6-5-12(7-13(14)17)9-18-15(2,3)4/h5-8,18H,9-10H2,1-4H3/b11-8-. The first-order valence-electron chi connectivity index (χ1n) is 6.24. The molecule has 0 radical (unpaired) electrons. The minimum atomic E-state index is -0.351. The lowest BCUT2D eigenvalue weighted by Crippen LogP contribution is -2.35. The third-order valence-corrected chi connectivity index (χ3v) is 2.83. The van der Waals surface area contributed by atoms with Gasteiger partial charge in [-0.05, 0) is 51.0 Å². The molecule has 0 aliphatic heterocycles. The predicted molar refractivity (Wildman–Crippen MR) is 78.1 cm³/mol. The molecule has 1 aromatic carbocycles. The van der Waals surface area contributed by atoms with E-state index in [2.05, 4.69) is 26.1 Å². The molecule has 0 saturated heterocycles. The van der Waals surface area contributed by atoms with Crippen molar-refractivity contribution in [3.05, 3.63) is 40.7 Å². The molecule has 0 aromatic heterocycles. The van der Waals surface area contributed by atoms with Gasteiger partial charge < -0.3 is 10.1 Å². The van der Waals surface area contributed by atoms with Crippen molar-refractivity contribution in [2.45, 2.75) is 39.8 Å². The zero-order valence-corrected chi connectivity index (χ0v) is 12.6. The van der Waals surface area contributed by atoms with Gasteiger partial charge in [-0.25, -0.2) is 4.39 Å². The van der Waals surface area contributed by atoms with Crippen LogP contribution in [0.15, 0.2) is 29.3 Å². The molecule has 0 spiro atoms. The van der Waals surface area contributed by atoms with Crippen LogP contribution in [-0.4, -0.2) is 12.1 Å². The summed E-state index contributed by atoms with van der Waals surface area (Å²) in [6.45, 7) is 8.96. The number of nitrogens with one attached hydrogen (secondary N) is 1. The van der Waals surface area contributed by atoms with E-state index in [9.17, 15) is 4.39 Å². The highest BCUT2D eigenvalue weighted by atomic mass is 35.5. The van der Waals surface area contributed by atoms with Gasteiger partial charge in [-0.3, -0.25) is 0 Å². The second kappa shape index (κ2) is 6.92. The van der Waals surface area contributed by atoms with Crippen molar-refractivity contribution in [1.82, 2.24) is 5.32 Å². The van der Waals surface area contributed by atoms with Gasteiger partial charge in [0.25, 0.3) is 0 Å². The maximum absolute atomic E-state index is 13.8. The number of benzene rings is 1. The molecule has 0 aliphatic rings. The first-order chi connectivity index (χ1) is 8.81. The minimum absolute atomic E-state index is 0.00784. The highest BCUT2D eigenvalue weighted by molar-refractivity contribution is 6.25. The quantitative estimate of drug-likeness (QED) is 0.874. The fourth-order valence-corrected chi connectivity index (χ4v) is 1.42. The fourth-order valence-electron chi connectivity index (χ4n) is 1.36. The zero-order chi connectivity index (χ0) is 14.5. The molecular formula is C15H21ClFNO. The Morgan fingerprint density at radius 2 is 2.11 bits per heavy atom. The summed E-state index contributed by atoms with van der Waals surface area (Å²) < 4.78 is 19.2. The van der Waals surface area contributed by atoms with Crippen LogP contribution in [-0.2, 0) is 6.54 Å². The van der Waals surface area contributed by atoms with Crippen molar-refractivity contribution in [2.75, 3.05) is 6.61 Å². The molecule has 1 N–H and O–H groups in total. The van der Waals surface area contributed by atoms with Gasteiger partial charge in [0, 0.05) is 17.6 Å². The van der Waals surface area contributed by atoms with Gasteiger partial charge in [0.05, 0.1) is 0 Å². The lowest BCUT2D eigenvalue weighted by atomic mass is 10.1. The van der Waals surface area contributed by atoms with Gasteiger partial charge in [0.1, 0.15) is 6.61 Å². The van der Waals surface area contributed by atoms with E-state index in [1.54, 1.807) is 6.07 Å². The summed E-state index contributed by atoms with van der Waals surface area (Å²) in [7, 11) is 0. The summed E-state index contributed by atoms with van der Waals surface area (Å²) in [5.41, 5.74) is 3.18. The third-order valence-electron chi connectivity index (χ3n) is 2.46. The first kappa shape index (κ1) is 16.0. The van der Waals surface area contributed by atoms with E-state index in [1.165, 1.54) is 11.6 Å². The Balaban J connectivity index is 2.64. The van der Waals surface area contributed by atoms with E-state index in [0.29, 0.717) is 13.2 Å². The van der Waals surface area contributed by atoms with Crippen molar-refractivity contribution in [3.63, 3.8) is 0 Å². The summed E-state index contributed by atoms with van der Waals surface area (Å²) >= 11 is 5.52. The van der Waals surface area contributed by atoms with Crippen LogP contribution in [0, 0.1) is 5.82 Å². The molecule has 106 valence electrons. The van der Waals surface area contributed by atoms with Crippen LogP contribution in [0.3, 0.4) is 0 Å². The number of hydrogen-bond donors (Lipinski definition) is 1. The molecule has 0 fully saturated rings. The number of hydrogen-bond acceptors (Lipinski definition) is 2. The van der Waals surface area contributed by atoms with E-state index >= 15 is 0 Å². The minimum Gasteiger partial charge on any atom is -0.486 e. The van der Waals surface area contributed by atoms with Crippen LogP contribution in [0.1, 0.15) is 33.3 Å². The smallest absolute Gasteiger partial charge is 0.165 e. The van der Waals surface area contributed by atoms with Crippen LogP contribution in [0.4, 0.5) is 4.39 Å². The molecular weight excluding hydrogens is 265 g/mol. The van der Waals surface area contributed by atoms with Crippen LogP contribution in [0.2, 0.25) is 0 Å². The van der Waals surface area contributed by atoms with E-state index in [-0.39, 0.29) is 17.1 Å². The van der Waals surface area contributed by atoms with Gasteiger partial charge in [-0.15, -0.1) is 0 Å². The normalized spacial score (nSPS) is 12.6. The lowest BCUT2D eigenvalue weighted by molar-refractivity contribution is 0.332. The predicted octanol–water partition coefficient (Wildman–Crippen LogP) is 4.24. The van der Waals surface area contributed by atoms with Crippen LogP contribution in [0.5, 0.6) is 5.75 Å². The number of rotatable bonds is 5. The Morgan fingerprint density at radius 3 is 2.63 bits per heavy atom. The Kier molecular flexibility index (Phi) is 5.83. The molecule has 0 bridgehead atoms. The molecule has 0 saturated carbocycles. The third kappa shape index (κ3) is 6.08. The fraction of sp³-hybridized carbons (Fsp3) is 0.467. The molecule has 1 rings (SSSR count). The SMILES string of the molecule is C/C(=C/Cl)COc1ccc(CNC(C)(C)C)cc1F. The van der Waals surface area contributed by atoms with Gasteiger partial charge >= 0.3 is 0 Å². The van der Waals surface area contributed by atoms with E-state index in [0.717, 1.165) is 11.1 Å². The maximum atomic E-state index is 13.8. The molecule has 0 heterocycles. The zero-order valence-electron chi connectivity index (χ0n) is 11.9. The van der Waals surface area contributed by atoms with Crippen LogP contribution >= 0.6 is 11.6 Å². The Bertz CT molecular complexity index is 452. The van der Waals surface area contributed by atoms with Gasteiger partial charge in [0.2, 0.25) is 0 Å². The van der Waals surface area contributed by atoms with Gasteiger partial charge in [-0.2, -0.15) is 0 Å². The molecule has 19 heavy (non-hydrogen) atoms. The monoisotopic (exact) mass is 285 g/mol. The number of ether oxygens (including phenoxy) is 1. The molecule has 0 amide bonds. The van der Waals surface area contributed by atoms with E-state index < -0.39 is 0 Å². The molecule has 2 nitrogen and oxygen atoms in total. The molecule has 4 heteroatoms. The summed E-state index contributed by atoms with van der Waals surface area (Å²) in [6, 6.07) is 5.00. The van der Waals surface area contributed by atoms with Gasteiger partial charge in [0.15, 0.2) is 11.6 Å². The van der Waals surface area contributed by atoms with Gasteiger partial charge in [-0.1, -0.05) is 17.7 Å². The molecule has 0 aliphatic carbocycles. The second-order valence-electron chi connectivity index (χ2n) is 5.61. The van der Waals surface area contributed by atoms with Crippen LogP contribution in [0.25, 0.3) is 0 Å². The van der Waals surface area contributed by atoms with E-state index in [1.807, 2.05) is 13.0 Å². The maximum Gasteiger partial charge on any atom is 0.165 e. The lowest BCUT2D eigenvalue weighted by Gasteiger charge is -2.20. The molecule has 0 atom stereocenters. The van der Waals surface area contributed by atoms with Crippen molar-refractivity contribution in [3.8, 4) is 5.75 Å². The number of halogens is 2. The van der Waals surface area contributed by atoms with Crippen molar-refractivity contribution >= 4 is 11.6 Å². The van der Waals surface area contributed by atoms with Crippen molar-refractivity contribution in [2.24, 2.45) is 0 Å². The average molecular weight is 286 g/mol. The summed E-state index contributed by atoms with van der Waals surface area (Å²) in [4.78, 5) is 0. The van der Waals surface area contributed by atoms with Crippen LogP contribution < -0.4 is 10.1 Å². The highest BCUT2D eigenvalue weighted by Crippen LogP contribution is 2.19. The summed E-state index contributed by atoms with van der Waals surface area (Å²) in [6.07, 6.45) is 0. The Labute approximate surface area is 119 Å². The second-order valence-corrected chi connectivity index (χ2v) is 5.83. The van der Waals surface area contributed by atoms with Crippen molar-refractivity contribution in [1.29, 1.82) is 0 Å². The van der Waals surface area contributed by atoms with E-state index in [4.69, 9.17) is 16.3 Å². The summed E-state index contributed by atoms with van der Waals surface area (Å²) in [5, 5.41) is 3.31. The van der Waals surface area contributed by atoms with Crippen molar-refractivity contribution < 1.29 is 9.13 Å². The Hall–Kier alpha value is -1.06. The summed E-state index contributed by atoms with van der Waals surface area (Å²) in [5.74, 6) is -0.104. The largest absolute Gasteiger partial charge is 0.486 e. The average Bonchev–Trinajstić information content (AvgIpc) is 2.34. The molecule has 0 unspecified atom stereocenters.